The zero-order chi connectivity index (χ0) is 12.3. The van der Waals surface area contributed by atoms with Crippen LogP contribution < -0.4 is 0 Å². The number of carbonyl (C=O) groups is 2. The Bertz CT molecular complexity index is 431. The van der Waals surface area contributed by atoms with Gasteiger partial charge in [-0.15, -0.1) is 11.6 Å². The first-order valence-corrected chi connectivity index (χ1v) is 5.72. The molecule has 0 spiro atoms. The smallest absolute Gasteiger partial charge is 0.376 e. The molecule has 0 aliphatic carbocycles. The van der Waals surface area contributed by atoms with Gasteiger partial charge in [0.05, 0.1) is 7.11 Å². The van der Waals surface area contributed by atoms with Crippen molar-refractivity contribution in [1.82, 2.24) is 0 Å². The fourth-order valence-corrected chi connectivity index (χ4v) is 1.74. The molecule has 5 heteroatoms. The van der Waals surface area contributed by atoms with E-state index in [0.717, 1.165) is 17.1 Å². The van der Waals surface area contributed by atoms with Crippen molar-refractivity contribution in [2.24, 2.45) is 0 Å². The summed E-state index contributed by atoms with van der Waals surface area (Å²) in [5.74, 6) is -1.70. The molecule has 1 aromatic carbocycles. The van der Waals surface area contributed by atoms with Gasteiger partial charge < -0.3 is 4.74 Å². The molecule has 1 aromatic rings. The van der Waals surface area contributed by atoms with E-state index < -0.39 is 17.1 Å². The maximum atomic E-state index is 11.4. The van der Waals surface area contributed by atoms with Crippen LogP contribution in [0.4, 0.5) is 0 Å². The number of hydrogen-bond donors (Lipinski definition) is 0. The lowest BCUT2D eigenvalue weighted by Gasteiger charge is -2.08. The predicted molar refractivity (Wildman–Crippen MR) is 64.5 cm³/mol. The van der Waals surface area contributed by atoms with Crippen LogP contribution in [0.2, 0.25) is 0 Å². The minimum absolute atomic E-state index is 0.564. The first-order valence-electron chi connectivity index (χ1n) is 4.49. The van der Waals surface area contributed by atoms with E-state index in [-0.39, 0.29) is 0 Å². The summed E-state index contributed by atoms with van der Waals surface area (Å²) in [6.07, 6.45) is 0. The Morgan fingerprint density at radius 1 is 1.44 bits per heavy atom. The van der Waals surface area contributed by atoms with E-state index in [1.807, 2.05) is 13.0 Å². The maximum absolute atomic E-state index is 11.4. The fourth-order valence-electron chi connectivity index (χ4n) is 1.12. The summed E-state index contributed by atoms with van der Waals surface area (Å²) in [4.78, 5) is 22.5. The molecule has 86 valence electrons. The molecule has 1 atom stereocenters. The van der Waals surface area contributed by atoms with Gasteiger partial charge in [-0.05, 0) is 24.1 Å². The number of rotatable bonds is 3. The summed E-state index contributed by atoms with van der Waals surface area (Å²) >= 11 is 9.21. The molecule has 0 aliphatic heterocycles. The molecule has 0 aliphatic rings. The van der Waals surface area contributed by atoms with Gasteiger partial charge in [-0.25, -0.2) is 4.79 Å². The van der Waals surface area contributed by atoms with Gasteiger partial charge in [-0.3, -0.25) is 4.79 Å². The second-order valence-electron chi connectivity index (χ2n) is 3.23. The van der Waals surface area contributed by atoms with E-state index in [2.05, 4.69) is 20.7 Å². The van der Waals surface area contributed by atoms with Crippen LogP contribution >= 0.6 is 27.5 Å². The number of ether oxygens (including phenoxy) is 1. The zero-order valence-electron chi connectivity index (χ0n) is 8.79. The van der Waals surface area contributed by atoms with Gasteiger partial charge in [-0.2, -0.15) is 0 Å². The highest BCUT2D eigenvalue weighted by Gasteiger charge is 2.25. The van der Waals surface area contributed by atoms with Crippen LogP contribution in [0.1, 0.15) is 16.5 Å². The molecule has 0 heterocycles. The largest absolute Gasteiger partial charge is 0.463 e. The van der Waals surface area contributed by atoms with Crippen LogP contribution in [0.15, 0.2) is 22.7 Å². The molecule has 1 unspecified atom stereocenters. The molecule has 3 nitrogen and oxygen atoms in total. The highest BCUT2D eigenvalue weighted by atomic mass is 79.9. The van der Waals surface area contributed by atoms with E-state index in [0.29, 0.717) is 5.56 Å². The van der Waals surface area contributed by atoms with Crippen LogP contribution in [0, 0.1) is 6.92 Å². The summed E-state index contributed by atoms with van der Waals surface area (Å²) in [5, 5.41) is -1.01. The van der Waals surface area contributed by atoms with Gasteiger partial charge in [0.25, 0.3) is 5.78 Å². The number of ketones is 1. The van der Waals surface area contributed by atoms with E-state index >= 15 is 0 Å². The third kappa shape index (κ3) is 2.83. The number of Topliss-reactive ketones (excluding diaryl/α,β-unsaturated/α-hetero) is 1. The second kappa shape index (κ2) is 5.46. The van der Waals surface area contributed by atoms with E-state index in [9.17, 15) is 9.59 Å². The fraction of sp³-hybridized carbons (Fsp3) is 0.273. The Labute approximate surface area is 107 Å². The van der Waals surface area contributed by atoms with Crippen LogP contribution in [0.25, 0.3) is 0 Å². The third-order valence-electron chi connectivity index (χ3n) is 2.11. The van der Waals surface area contributed by atoms with Crippen molar-refractivity contribution in [3.63, 3.8) is 0 Å². The Hall–Kier alpha value is -0.870. The van der Waals surface area contributed by atoms with E-state index in [4.69, 9.17) is 11.6 Å². The molecule has 0 radical (unpaired) electrons. The summed E-state index contributed by atoms with van der Waals surface area (Å²) in [6.45, 7) is 1.92. The number of esters is 1. The number of aryl methyl sites for hydroxylation is 1. The minimum atomic E-state index is -1.01. The summed E-state index contributed by atoms with van der Waals surface area (Å²) in [7, 11) is 1.15. The third-order valence-corrected chi connectivity index (χ3v) is 3.41. The number of carbonyl (C=O) groups excluding carboxylic acids is 2. The highest BCUT2D eigenvalue weighted by Crippen LogP contribution is 2.26. The molecule has 0 saturated heterocycles. The van der Waals surface area contributed by atoms with Crippen molar-refractivity contribution in [3.05, 3.63) is 33.8 Å². The molecule has 0 N–H and O–H groups in total. The molecular weight excluding hydrogens is 295 g/mol. The second-order valence-corrected chi connectivity index (χ2v) is 4.52. The number of alkyl halides is 1. The highest BCUT2D eigenvalue weighted by molar-refractivity contribution is 9.10. The van der Waals surface area contributed by atoms with Gasteiger partial charge >= 0.3 is 5.97 Å². The van der Waals surface area contributed by atoms with Crippen molar-refractivity contribution >= 4 is 39.3 Å². The van der Waals surface area contributed by atoms with Crippen molar-refractivity contribution in [3.8, 4) is 0 Å². The predicted octanol–water partition coefficient (Wildman–Crippen LogP) is 2.78. The van der Waals surface area contributed by atoms with Crippen LogP contribution in [-0.4, -0.2) is 18.9 Å². The Morgan fingerprint density at radius 3 is 2.56 bits per heavy atom. The lowest BCUT2D eigenvalue weighted by molar-refractivity contribution is -0.151. The summed E-state index contributed by atoms with van der Waals surface area (Å²) < 4.78 is 5.16. The molecule has 1 rings (SSSR count). The number of methoxy groups -OCH3 is 1. The Morgan fingerprint density at radius 2 is 2.06 bits per heavy atom. The lowest BCUT2D eigenvalue weighted by atomic mass is 10.1. The monoisotopic (exact) mass is 304 g/mol. The molecule has 0 fully saturated rings. The lowest BCUT2D eigenvalue weighted by Crippen LogP contribution is -2.20. The number of benzene rings is 1. The molecule has 0 aromatic heterocycles. The minimum Gasteiger partial charge on any atom is -0.463 e. The SMILES string of the molecule is COC(=O)C(=O)C(Cl)c1ccc(C)c(Br)c1. The van der Waals surface area contributed by atoms with Gasteiger partial charge in [-0.1, -0.05) is 28.1 Å². The molecule has 0 saturated carbocycles. The number of hydrogen-bond acceptors (Lipinski definition) is 3. The quantitative estimate of drug-likeness (QED) is 0.490. The van der Waals surface area contributed by atoms with Crippen molar-refractivity contribution in [2.75, 3.05) is 7.11 Å². The van der Waals surface area contributed by atoms with Gasteiger partial charge in [0.15, 0.2) is 0 Å². The first-order chi connectivity index (χ1) is 7.47. The number of halogens is 2. The molecule has 16 heavy (non-hydrogen) atoms. The Kier molecular flexibility index (Phi) is 4.50. The van der Waals surface area contributed by atoms with Crippen LogP contribution in [0.5, 0.6) is 0 Å². The normalized spacial score (nSPS) is 12.0. The standard InChI is InChI=1S/C11H10BrClO3/c1-6-3-4-7(5-8(6)12)9(13)10(14)11(15)16-2/h3-5,9H,1-2H3. The average molecular weight is 306 g/mol. The zero-order valence-corrected chi connectivity index (χ0v) is 11.1. The van der Waals surface area contributed by atoms with Crippen molar-refractivity contribution < 1.29 is 14.3 Å². The Balaban J connectivity index is 2.96. The molecular formula is C11H10BrClO3. The molecule has 0 bridgehead atoms. The summed E-state index contributed by atoms with van der Waals surface area (Å²) in [6, 6.07) is 5.24. The molecule has 0 amide bonds. The maximum Gasteiger partial charge on any atom is 0.376 e. The first kappa shape index (κ1) is 13.2. The topological polar surface area (TPSA) is 43.4 Å². The van der Waals surface area contributed by atoms with Crippen molar-refractivity contribution in [1.29, 1.82) is 0 Å². The van der Waals surface area contributed by atoms with E-state index in [1.165, 1.54) is 0 Å². The van der Waals surface area contributed by atoms with Crippen LogP contribution in [-0.2, 0) is 14.3 Å². The average Bonchev–Trinajstić information content (AvgIpc) is 2.29. The van der Waals surface area contributed by atoms with Gasteiger partial charge in [0.2, 0.25) is 0 Å². The van der Waals surface area contributed by atoms with Gasteiger partial charge in [0.1, 0.15) is 5.38 Å². The van der Waals surface area contributed by atoms with Crippen LogP contribution in [0.3, 0.4) is 0 Å². The van der Waals surface area contributed by atoms with E-state index in [1.54, 1.807) is 12.1 Å². The summed E-state index contributed by atoms with van der Waals surface area (Å²) in [5.41, 5.74) is 1.59. The van der Waals surface area contributed by atoms with Crippen molar-refractivity contribution in [2.45, 2.75) is 12.3 Å². The van der Waals surface area contributed by atoms with Gasteiger partial charge in [0, 0.05) is 4.47 Å².